The molecule has 0 saturated heterocycles. The zero-order valence-electron chi connectivity index (χ0n) is 16.5. The first-order valence-corrected chi connectivity index (χ1v) is 8.62. The Labute approximate surface area is 158 Å². The first kappa shape index (κ1) is 20.4. The molecule has 0 saturated carbocycles. The summed E-state index contributed by atoms with van der Waals surface area (Å²) in [6, 6.07) is 2.45. The average molecular weight is 378 g/mol. The second-order valence-corrected chi connectivity index (χ2v) is 6.35. The van der Waals surface area contributed by atoms with E-state index in [1.807, 2.05) is 6.92 Å². The Morgan fingerprint density at radius 3 is 2.26 bits per heavy atom. The number of aromatic nitrogens is 1. The van der Waals surface area contributed by atoms with Gasteiger partial charge in [0.15, 0.2) is 11.5 Å². The molecule has 2 N–H and O–H groups in total. The van der Waals surface area contributed by atoms with Crippen LogP contribution in [-0.4, -0.2) is 48.9 Å². The van der Waals surface area contributed by atoms with Crippen LogP contribution in [0.25, 0.3) is 10.9 Å². The van der Waals surface area contributed by atoms with Crippen molar-refractivity contribution in [3.63, 3.8) is 0 Å². The zero-order chi connectivity index (χ0) is 20.3. The zero-order valence-corrected chi connectivity index (χ0v) is 16.5. The summed E-state index contributed by atoms with van der Waals surface area (Å²) >= 11 is 0. The second kappa shape index (κ2) is 8.20. The highest BCUT2D eigenvalue weighted by Crippen LogP contribution is 2.44. The fourth-order valence-corrected chi connectivity index (χ4v) is 3.10. The number of carbonyl (C=O) groups is 2. The van der Waals surface area contributed by atoms with E-state index in [-0.39, 0.29) is 5.92 Å². The number of carboxylic acid groups (broad SMARTS) is 1. The highest BCUT2D eigenvalue weighted by molar-refractivity contribution is 6.02. The van der Waals surface area contributed by atoms with Crippen molar-refractivity contribution in [1.82, 2.24) is 9.88 Å². The lowest BCUT2D eigenvalue weighted by Crippen LogP contribution is -2.45. The second-order valence-electron chi connectivity index (χ2n) is 6.35. The van der Waals surface area contributed by atoms with Gasteiger partial charge in [-0.05, 0) is 18.1 Å². The summed E-state index contributed by atoms with van der Waals surface area (Å²) < 4.78 is 17.9. The summed E-state index contributed by atoms with van der Waals surface area (Å²) in [7, 11) is 6.24. The first-order chi connectivity index (χ1) is 12.8. The highest BCUT2D eigenvalue weighted by Gasteiger charge is 2.28. The van der Waals surface area contributed by atoms with Crippen LogP contribution in [0.15, 0.2) is 12.1 Å². The molecule has 27 heavy (non-hydrogen) atoms. The van der Waals surface area contributed by atoms with Crippen molar-refractivity contribution in [2.45, 2.75) is 26.3 Å². The maximum atomic E-state index is 12.8. The van der Waals surface area contributed by atoms with Crippen LogP contribution in [0.4, 0.5) is 0 Å². The number of benzene rings is 1. The number of nitrogens with one attached hydrogen (secondary N) is 1. The monoisotopic (exact) mass is 378 g/mol. The third kappa shape index (κ3) is 3.65. The summed E-state index contributed by atoms with van der Waals surface area (Å²) in [5.41, 5.74) is 0.962. The number of carboxylic acids is 1. The van der Waals surface area contributed by atoms with E-state index in [1.54, 1.807) is 30.7 Å². The van der Waals surface area contributed by atoms with Gasteiger partial charge in [-0.15, -0.1) is 0 Å². The van der Waals surface area contributed by atoms with Crippen LogP contribution in [0, 0.1) is 5.92 Å². The maximum Gasteiger partial charge on any atom is 0.326 e. The van der Waals surface area contributed by atoms with Gasteiger partial charge in [-0.25, -0.2) is 4.79 Å². The number of amides is 1. The Kier molecular flexibility index (Phi) is 6.20. The van der Waals surface area contributed by atoms with Crippen molar-refractivity contribution in [1.29, 1.82) is 0 Å². The number of ether oxygens (including phenoxy) is 3. The van der Waals surface area contributed by atoms with Gasteiger partial charge in [0, 0.05) is 12.4 Å². The molecule has 8 nitrogen and oxygen atoms in total. The van der Waals surface area contributed by atoms with Crippen molar-refractivity contribution in [3.05, 3.63) is 17.8 Å². The van der Waals surface area contributed by atoms with E-state index in [9.17, 15) is 14.7 Å². The number of methoxy groups -OCH3 is 3. The molecular weight excluding hydrogens is 352 g/mol. The van der Waals surface area contributed by atoms with Crippen LogP contribution >= 0.6 is 0 Å². The van der Waals surface area contributed by atoms with Gasteiger partial charge in [0.05, 0.1) is 26.8 Å². The average Bonchev–Trinajstić information content (AvgIpc) is 2.99. The van der Waals surface area contributed by atoms with E-state index in [2.05, 4.69) is 5.32 Å². The third-order valence-corrected chi connectivity index (χ3v) is 4.82. The molecule has 2 rings (SSSR count). The number of hydrogen-bond acceptors (Lipinski definition) is 5. The lowest BCUT2D eigenvalue weighted by Gasteiger charge is -2.20. The van der Waals surface area contributed by atoms with Gasteiger partial charge in [-0.3, -0.25) is 4.79 Å². The number of fused-ring (bicyclic) bond motifs is 1. The van der Waals surface area contributed by atoms with Gasteiger partial charge < -0.3 is 29.2 Å². The molecule has 0 aliphatic rings. The summed E-state index contributed by atoms with van der Waals surface area (Å²) in [5, 5.41) is 12.8. The Morgan fingerprint density at radius 2 is 1.78 bits per heavy atom. The number of aliphatic carboxylic acids is 1. The number of aryl methyl sites for hydroxylation is 1. The Bertz CT molecular complexity index is 858. The van der Waals surface area contributed by atoms with Gasteiger partial charge in [-0.1, -0.05) is 20.3 Å². The lowest BCUT2D eigenvalue weighted by molar-refractivity contribution is -0.140. The molecule has 0 radical (unpaired) electrons. The molecule has 0 aliphatic carbocycles. The normalized spacial score (nSPS) is 13.1. The van der Waals surface area contributed by atoms with Crippen LogP contribution < -0.4 is 19.5 Å². The van der Waals surface area contributed by atoms with Crippen LogP contribution in [0.1, 0.15) is 30.8 Å². The van der Waals surface area contributed by atoms with E-state index >= 15 is 0 Å². The molecule has 2 aromatic rings. The summed E-state index contributed by atoms with van der Waals surface area (Å²) in [6.45, 7) is 3.67. The molecule has 8 heteroatoms. The molecule has 1 heterocycles. The van der Waals surface area contributed by atoms with Crippen LogP contribution in [0.3, 0.4) is 0 Å². The number of rotatable bonds is 8. The topological polar surface area (TPSA) is 99.0 Å². The minimum Gasteiger partial charge on any atom is -0.493 e. The number of hydrogen-bond donors (Lipinski definition) is 2. The van der Waals surface area contributed by atoms with Crippen molar-refractivity contribution in [3.8, 4) is 17.2 Å². The predicted octanol–water partition coefficient (Wildman–Crippen LogP) is 2.43. The van der Waals surface area contributed by atoms with Gasteiger partial charge in [-0.2, -0.15) is 0 Å². The molecule has 0 fully saturated rings. The smallest absolute Gasteiger partial charge is 0.326 e. The van der Waals surface area contributed by atoms with E-state index in [0.717, 1.165) is 0 Å². The molecule has 0 aliphatic heterocycles. The van der Waals surface area contributed by atoms with E-state index < -0.39 is 17.9 Å². The molecule has 0 spiro atoms. The van der Waals surface area contributed by atoms with Crippen molar-refractivity contribution >= 4 is 22.8 Å². The Balaban J connectivity index is 2.55. The largest absolute Gasteiger partial charge is 0.493 e. The molecule has 1 aromatic heterocycles. The van der Waals surface area contributed by atoms with Crippen LogP contribution in [-0.2, 0) is 11.8 Å². The molecule has 148 valence electrons. The Morgan fingerprint density at radius 1 is 1.15 bits per heavy atom. The molecule has 1 aromatic carbocycles. The van der Waals surface area contributed by atoms with Crippen molar-refractivity contribution < 1.29 is 28.9 Å². The Hall–Kier alpha value is -2.90. The summed E-state index contributed by atoms with van der Waals surface area (Å²) in [4.78, 5) is 24.3. The minimum atomic E-state index is -1.06. The van der Waals surface area contributed by atoms with Crippen molar-refractivity contribution in [2.75, 3.05) is 21.3 Å². The maximum absolute atomic E-state index is 12.8. The standard InChI is InChI=1S/C19H26N2O6/c1-7-10(2)14(19(23)24)20-18(22)12-8-11-9-13(25-4)16(26-5)17(27-6)15(11)21(12)3/h8-10,14H,7H2,1-6H3,(H,20,22)(H,23,24)/t10-,14+/m1/s1. The van der Waals surface area contributed by atoms with Crippen molar-refractivity contribution in [2.24, 2.45) is 13.0 Å². The molecular formula is C19H26N2O6. The van der Waals surface area contributed by atoms with E-state index in [0.29, 0.717) is 40.3 Å². The fourth-order valence-electron chi connectivity index (χ4n) is 3.10. The molecule has 0 bridgehead atoms. The van der Waals surface area contributed by atoms with Gasteiger partial charge in [0.2, 0.25) is 5.75 Å². The van der Waals surface area contributed by atoms with E-state index in [4.69, 9.17) is 14.2 Å². The molecule has 0 unspecified atom stereocenters. The van der Waals surface area contributed by atoms with Gasteiger partial charge >= 0.3 is 5.97 Å². The SMILES string of the molecule is CC[C@@H](C)[C@H](NC(=O)c1cc2cc(OC)c(OC)c(OC)c2n1C)C(=O)O. The van der Waals surface area contributed by atoms with Crippen LogP contribution in [0.5, 0.6) is 17.2 Å². The molecule has 1 amide bonds. The fraction of sp³-hybridized carbons (Fsp3) is 0.474. The van der Waals surface area contributed by atoms with Gasteiger partial charge in [0.25, 0.3) is 5.91 Å². The third-order valence-electron chi connectivity index (χ3n) is 4.82. The van der Waals surface area contributed by atoms with Gasteiger partial charge in [0.1, 0.15) is 11.7 Å². The minimum absolute atomic E-state index is 0.198. The predicted molar refractivity (Wildman–Crippen MR) is 101 cm³/mol. The number of nitrogens with zero attached hydrogens (tertiary/aromatic N) is 1. The highest BCUT2D eigenvalue weighted by atomic mass is 16.5. The molecule has 2 atom stereocenters. The first-order valence-electron chi connectivity index (χ1n) is 8.62. The van der Waals surface area contributed by atoms with Crippen LogP contribution in [0.2, 0.25) is 0 Å². The lowest BCUT2D eigenvalue weighted by atomic mass is 9.99. The summed E-state index contributed by atoms with van der Waals surface area (Å²) in [5.74, 6) is -0.397. The quantitative estimate of drug-likeness (QED) is 0.732. The summed E-state index contributed by atoms with van der Waals surface area (Å²) in [6.07, 6.45) is 0.634. The number of carbonyl (C=O) groups excluding carboxylic acids is 1. The van der Waals surface area contributed by atoms with E-state index in [1.165, 1.54) is 21.3 Å².